The summed E-state index contributed by atoms with van der Waals surface area (Å²) in [6.45, 7) is 3.02. The van der Waals surface area contributed by atoms with Crippen LogP contribution < -0.4 is 10.6 Å². The van der Waals surface area contributed by atoms with Crippen molar-refractivity contribution in [2.24, 2.45) is 13.0 Å². The molecule has 20 heavy (non-hydrogen) atoms. The summed E-state index contributed by atoms with van der Waals surface area (Å²) in [5.41, 5.74) is 0.967. The van der Waals surface area contributed by atoms with Gasteiger partial charge in [0.05, 0.1) is 12.6 Å². The Morgan fingerprint density at radius 2 is 2.35 bits per heavy atom. The third kappa shape index (κ3) is 6.59. The molecule has 1 aromatic rings. The van der Waals surface area contributed by atoms with E-state index < -0.39 is 0 Å². The minimum Gasteiger partial charge on any atom is -0.356 e. The Bertz CT molecular complexity index is 391. The van der Waals surface area contributed by atoms with Crippen molar-refractivity contribution >= 4 is 30.7 Å². The molecule has 0 spiro atoms. The van der Waals surface area contributed by atoms with E-state index in [0.717, 1.165) is 37.5 Å². The van der Waals surface area contributed by atoms with Crippen LogP contribution in [0.25, 0.3) is 0 Å². The highest BCUT2D eigenvalue weighted by atomic mass is 35.5. The van der Waals surface area contributed by atoms with Crippen molar-refractivity contribution in [1.82, 2.24) is 20.4 Å². The van der Waals surface area contributed by atoms with Crippen molar-refractivity contribution in [3.8, 4) is 0 Å². The van der Waals surface area contributed by atoms with Gasteiger partial charge in [0.25, 0.3) is 0 Å². The Morgan fingerprint density at radius 3 is 2.95 bits per heavy atom. The molecule has 2 heterocycles. The molecule has 7 heteroatoms. The van der Waals surface area contributed by atoms with Gasteiger partial charge in [0.2, 0.25) is 5.91 Å². The Morgan fingerprint density at radius 1 is 1.55 bits per heavy atom. The van der Waals surface area contributed by atoms with Gasteiger partial charge < -0.3 is 10.6 Å². The molecule has 1 fully saturated rings. The van der Waals surface area contributed by atoms with Crippen molar-refractivity contribution in [3.05, 3.63) is 18.0 Å². The van der Waals surface area contributed by atoms with E-state index in [9.17, 15) is 4.79 Å². The van der Waals surface area contributed by atoms with Gasteiger partial charge in [0.15, 0.2) is 0 Å². The van der Waals surface area contributed by atoms with Crippen LogP contribution in [0.1, 0.15) is 24.8 Å². The number of amides is 1. The predicted octanol–water partition coefficient (Wildman–Crippen LogP) is 1.31. The fraction of sp³-hybridized carbons (Fsp3) is 0.692. The minimum absolute atomic E-state index is 0. The van der Waals surface area contributed by atoms with Crippen molar-refractivity contribution in [1.29, 1.82) is 0 Å². The summed E-state index contributed by atoms with van der Waals surface area (Å²) >= 11 is 0. The number of aryl methyl sites for hydroxylation is 1. The van der Waals surface area contributed by atoms with Crippen molar-refractivity contribution in [2.75, 3.05) is 19.6 Å². The van der Waals surface area contributed by atoms with Crippen LogP contribution in [0.4, 0.5) is 0 Å². The number of aromatic nitrogens is 2. The molecule has 5 nitrogen and oxygen atoms in total. The van der Waals surface area contributed by atoms with E-state index in [0.29, 0.717) is 6.42 Å². The molecule has 2 rings (SSSR count). The fourth-order valence-corrected chi connectivity index (χ4v) is 2.40. The molecule has 1 saturated heterocycles. The van der Waals surface area contributed by atoms with Gasteiger partial charge in [-0.3, -0.25) is 9.48 Å². The van der Waals surface area contributed by atoms with Crippen molar-refractivity contribution in [3.63, 3.8) is 0 Å². The van der Waals surface area contributed by atoms with E-state index >= 15 is 0 Å². The quantitative estimate of drug-likeness (QED) is 0.859. The van der Waals surface area contributed by atoms with Crippen molar-refractivity contribution in [2.45, 2.75) is 25.7 Å². The molecule has 0 aliphatic carbocycles. The van der Waals surface area contributed by atoms with E-state index in [2.05, 4.69) is 15.7 Å². The molecule has 1 atom stereocenters. The molecule has 0 bridgehead atoms. The first-order valence-corrected chi connectivity index (χ1v) is 6.69. The first kappa shape index (κ1) is 19.2. The van der Waals surface area contributed by atoms with Gasteiger partial charge >= 0.3 is 0 Å². The molecule has 1 aliphatic heterocycles. The second-order valence-corrected chi connectivity index (χ2v) is 5.05. The van der Waals surface area contributed by atoms with Crippen LogP contribution in [-0.2, 0) is 18.3 Å². The second kappa shape index (κ2) is 10.0. The maximum absolute atomic E-state index is 11.7. The maximum Gasteiger partial charge on any atom is 0.224 e. The number of halogens is 2. The van der Waals surface area contributed by atoms with E-state index in [1.54, 1.807) is 10.9 Å². The zero-order valence-corrected chi connectivity index (χ0v) is 13.4. The third-order valence-electron chi connectivity index (χ3n) is 3.40. The highest BCUT2D eigenvalue weighted by Crippen LogP contribution is 2.12. The average molecular weight is 323 g/mol. The van der Waals surface area contributed by atoms with Crippen LogP contribution in [-0.4, -0.2) is 35.3 Å². The van der Waals surface area contributed by atoms with E-state index in [1.807, 2.05) is 13.2 Å². The van der Waals surface area contributed by atoms with Crippen LogP contribution in [0, 0.1) is 5.92 Å². The maximum atomic E-state index is 11.7. The summed E-state index contributed by atoms with van der Waals surface area (Å²) in [6, 6.07) is 0. The summed E-state index contributed by atoms with van der Waals surface area (Å²) in [5.74, 6) is 0.809. The number of hydrogen-bond acceptors (Lipinski definition) is 3. The van der Waals surface area contributed by atoms with Gasteiger partial charge in [-0.05, 0) is 43.8 Å². The van der Waals surface area contributed by atoms with Gasteiger partial charge in [-0.15, -0.1) is 24.8 Å². The summed E-state index contributed by atoms with van der Waals surface area (Å²) in [5, 5.41) is 10.4. The zero-order valence-electron chi connectivity index (χ0n) is 11.8. The Hall–Kier alpha value is -0.780. The summed E-state index contributed by atoms with van der Waals surface area (Å²) in [4.78, 5) is 11.7. The van der Waals surface area contributed by atoms with Crippen LogP contribution in [0.15, 0.2) is 12.4 Å². The normalized spacial score (nSPS) is 17.8. The summed E-state index contributed by atoms with van der Waals surface area (Å²) in [6.07, 6.45) is 7.66. The van der Waals surface area contributed by atoms with Crippen LogP contribution in [0.5, 0.6) is 0 Å². The fourth-order valence-electron chi connectivity index (χ4n) is 2.40. The molecular formula is C13H24Cl2N4O. The van der Waals surface area contributed by atoms with Gasteiger partial charge in [0.1, 0.15) is 0 Å². The topological polar surface area (TPSA) is 59.0 Å². The number of nitrogens with zero attached hydrogens (tertiary/aromatic N) is 2. The molecule has 1 unspecified atom stereocenters. The molecule has 0 radical (unpaired) electrons. The molecule has 2 N–H and O–H groups in total. The van der Waals surface area contributed by atoms with Crippen LogP contribution >= 0.6 is 24.8 Å². The Balaban J connectivity index is 0.00000180. The average Bonchev–Trinajstić information content (AvgIpc) is 2.76. The van der Waals surface area contributed by atoms with Crippen LogP contribution in [0.2, 0.25) is 0 Å². The minimum atomic E-state index is 0. The number of piperidine rings is 1. The largest absolute Gasteiger partial charge is 0.356 e. The standard InChI is InChI=1S/C13H22N4O.2ClH/c1-17-10-12(9-16-17)7-13(18)15-6-4-11-3-2-5-14-8-11;;/h9-11,14H,2-8H2,1H3,(H,15,18);2*1H. The summed E-state index contributed by atoms with van der Waals surface area (Å²) < 4.78 is 1.72. The lowest BCUT2D eigenvalue weighted by Gasteiger charge is -2.22. The smallest absolute Gasteiger partial charge is 0.224 e. The molecular weight excluding hydrogens is 299 g/mol. The Kier molecular flexibility index (Phi) is 9.63. The first-order chi connectivity index (χ1) is 8.74. The van der Waals surface area contributed by atoms with E-state index in [1.165, 1.54) is 12.8 Å². The lowest BCUT2D eigenvalue weighted by molar-refractivity contribution is -0.120. The first-order valence-electron chi connectivity index (χ1n) is 6.69. The SMILES string of the molecule is Cl.Cl.Cn1cc(CC(=O)NCCC2CCCNC2)cn1. The van der Waals surface area contributed by atoms with Gasteiger partial charge in [0, 0.05) is 19.8 Å². The van der Waals surface area contributed by atoms with Crippen molar-refractivity contribution < 1.29 is 4.79 Å². The molecule has 1 aliphatic rings. The molecule has 0 aromatic carbocycles. The number of carbonyl (C=O) groups excluding carboxylic acids is 1. The molecule has 1 amide bonds. The highest BCUT2D eigenvalue weighted by molar-refractivity contribution is 5.85. The number of nitrogens with one attached hydrogen (secondary N) is 2. The Labute approximate surface area is 132 Å². The van der Waals surface area contributed by atoms with E-state index in [-0.39, 0.29) is 30.7 Å². The lowest BCUT2D eigenvalue weighted by atomic mass is 9.96. The van der Waals surface area contributed by atoms with Crippen LogP contribution in [0.3, 0.4) is 0 Å². The number of rotatable bonds is 5. The second-order valence-electron chi connectivity index (χ2n) is 5.05. The van der Waals surface area contributed by atoms with Gasteiger partial charge in [-0.2, -0.15) is 5.10 Å². The van der Waals surface area contributed by atoms with Gasteiger partial charge in [-0.25, -0.2) is 0 Å². The lowest BCUT2D eigenvalue weighted by Crippen LogP contribution is -2.33. The highest BCUT2D eigenvalue weighted by Gasteiger charge is 2.13. The van der Waals surface area contributed by atoms with Gasteiger partial charge in [-0.1, -0.05) is 0 Å². The van der Waals surface area contributed by atoms with E-state index in [4.69, 9.17) is 0 Å². The monoisotopic (exact) mass is 322 g/mol. The predicted molar refractivity (Wildman–Crippen MR) is 84.6 cm³/mol. The molecule has 1 aromatic heterocycles. The number of hydrogen-bond donors (Lipinski definition) is 2. The number of carbonyl (C=O) groups is 1. The molecule has 116 valence electrons. The third-order valence-corrected chi connectivity index (χ3v) is 3.40. The molecule has 0 saturated carbocycles. The zero-order chi connectivity index (χ0) is 12.8. The summed E-state index contributed by atoms with van der Waals surface area (Å²) in [7, 11) is 1.86.